The second-order valence-electron chi connectivity index (χ2n) is 6.68. The van der Waals surface area contributed by atoms with Gasteiger partial charge in [-0.1, -0.05) is 20.8 Å². The Bertz CT molecular complexity index is 509. The summed E-state index contributed by atoms with van der Waals surface area (Å²) in [6.45, 7) is 5.97. The number of nitrogens with zero attached hydrogens (tertiary/aromatic N) is 2. The molecular weight excluding hydrogens is 276 g/mol. The minimum absolute atomic E-state index is 0.125. The number of anilines is 1. The summed E-state index contributed by atoms with van der Waals surface area (Å²) in [5.41, 5.74) is 0.274. The molecule has 4 nitrogen and oxygen atoms in total. The molecule has 1 aromatic heterocycles. The van der Waals surface area contributed by atoms with Gasteiger partial charge in [-0.15, -0.1) is 0 Å². The topological polar surface area (TPSA) is 54.9 Å². The van der Waals surface area contributed by atoms with E-state index in [0.29, 0.717) is 24.4 Å². The number of carbonyl (C=O) groups is 1. The van der Waals surface area contributed by atoms with Crippen molar-refractivity contribution < 1.29 is 13.6 Å². The van der Waals surface area contributed by atoms with Gasteiger partial charge in [0.1, 0.15) is 5.82 Å². The van der Waals surface area contributed by atoms with Gasteiger partial charge >= 0.3 is 0 Å². The van der Waals surface area contributed by atoms with Crippen LogP contribution in [0.25, 0.3) is 0 Å². The molecule has 0 aromatic carbocycles. The summed E-state index contributed by atoms with van der Waals surface area (Å²) >= 11 is 0. The fourth-order valence-corrected chi connectivity index (χ4v) is 2.42. The Balaban J connectivity index is 2.00. The maximum Gasteiger partial charge on any atom is 0.248 e. The SMILES string of the molecule is CC(C)(C)c1ncc(NC(=O)C2CCCC(F)(F)C2)cn1. The highest BCUT2D eigenvalue weighted by Gasteiger charge is 2.39. The molecule has 1 saturated carbocycles. The number of aromatic nitrogens is 2. The first-order chi connectivity index (χ1) is 9.67. The van der Waals surface area contributed by atoms with E-state index in [2.05, 4.69) is 15.3 Å². The highest BCUT2D eigenvalue weighted by atomic mass is 19.3. The van der Waals surface area contributed by atoms with Crippen LogP contribution in [0.1, 0.15) is 52.3 Å². The van der Waals surface area contributed by atoms with Crippen molar-refractivity contribution in [2.45, 2.75) is 57.8 Å². The first kappa shape index (κ1) is 15.8. The molecule has 0 spiro atoms. The van der Waals surface area contributed by atoms with E-state index in [1.165, 1.54) is 12.4 Å². The van der Waals surface area contributed by atoms with Crippen LogP contribution in [0.4, 0.5) is 14.5 Å². The Morgan fingerprint density at radius 1 is 1.33 bits per heavy atom. The lowest BCUT2D eigenvalue weighted by atomic mass is 9.86. The molecule has 1 aliphatic rings. The third kappa shape index (κ3) is 4.19. The standard InChI is InChI=1S/C15H21F2N3O/c1-14(2,3)13-18-8-11(9-19-13)20-12(21)10-5-4-6-15(16,17)7-10/h8-10H,4-7H2,1-3H3,(H,20,21). The van der Waals surface area contributed by atoms with E-state index in [0.717, 1.165) is 0 Å². The van der Waals surface area contributed by atoms with Gasteiger partial charge < -0.3 is 5.32 Å². The molecule has 6 heteroatoms. The number of rotatable bonds is 2. The summed E-state index contributed by atoms with van der Waals surface area (Å²) in [6, 6.07) is 0. The van der Waals surface area contributed by atoms with Crippen LogP contribution in [0.3, 0.4) is 0 Å². The van der Waals surface area contributed by atoms with Gasteiger partial charge in [-0.05, 0) is 12.8 Å². The molecule has 1 N–H and O–H groups in total. The minimum Gasteiger partial charge on any atom is -0.323 e. The van der Waals surface area contributed by atoms with Crippen molar-refractivity contribution in [2.75, 3.05) is 5.32 Å². The summed E-state index contributed by atoms with van der Waals surface area (Å²) in [4.78, 5) is 20.4. The summed E-state index contributed by atoms with van der Waals surface area (Å²) < 4.78 is 26.7. The fraction of sp³-hybridized carbons (Fsp3) is 0.667. The predicted octanol–water partition coefficient (Wildman–Crippen LogP) is 3.54. The Labute approximate surface area is 123 Å². The van der Waals surface area contributed by atoms with Gasteiger partial charge in [0.15, 0.2) is 0 Å². The van der Waals surface area contributed by atoms with Crippen LogP contribution in [0, 0.1) is 5.92 Å². The third-order valence-electron chi connectivity index (χ3n) is 3.60. The van der Waals surface area contributed by atoms with Crippen LogP contribution in [-0.2, 0) is 10.2 Å². The maximum atomic E-state index is 13.3. The smallest absolute Gasteiger partial charge is 0.248 e. The van der Waals surface area contributed by atoms with Crippen LogP contribution in [0.5, 0.6) is 0 Å². The summed E-state index contributed by atoms with van der Waals surface area (Å²) in [7, 11) is 0. The van der Waals surface area contributed by atoms with Crippen LogP contribution < -0.4 is 5.32 Å². The van der Waals surface area contributed by atoms with Crippen molar-refractivity contribution in [3.05, 3.63) is 18.2 Å². The number of amides is 1. The van der Waals surface area contributed by atoms with Gasteiger partial charge in [-0.3, -0.25) is 4.79 Å². The zero-order valence-electron chi connectivity index (χ0n) is 12.6. The molecule has 1 amide bonds. The molecule has 1 fully saturated rings. The quantitative estimate of drug-likeness (QED) is 0.908. The van der Waals surface area contributed by atoms with E-state index >= 15 is 0 Å². The number of nitrogens with one attached hydrogen (secondary N) is 1. The molecule has 1 heterocycles. The Kier molecular flexibility index (Phi) is 4.25. The lowest BCUT2D eigenvalue weighted by Gasteiger charge is -2.27. The van der Waals surface area contributed by atoms with Gasteiger partial charge in [0, 0.05) is 24.2 Å². The number of hydrogen-bond acceptors (Lipinski definition) is 3. The molecule has 0 radical (unpaired) electrons. The van der Waals surface area contributed by atoms with Crippen molar-refractivity contribution in [1.29, 1.82) is 0 Å². The molecule has 116 valence electrons. The van der Waals surface area contributed by atoms with E-state index in [1.54, 1.807) is 0 Å². The van der Waals surface area contributed by atoms with Gasteiger partial charge in [0.05, 0.1) is 18.1 Å². The van der Waals surface area contributed by atoms with Crippen LogP contribution in [0.15, 0.2) is 12.4 Å². The van der Waals surface area contributed by atoms with E-state index < -0.39 is 11.8 Å². The molecule has 0 aliphatic heterocycles. The van der Waals surface area contributed by atoms with Gasteiger partial charge in [0.25, 0.3) is 0 Å². The highest BCUT2D eigenvalue weighted by Crippen LogP contribution is 2.37. The summed E-state index contributed by atoms with van der Waals surface area (Å²) in [6.07, 6.45) is 3.42. The average molecular weight is 297 g/mol. The van der Waals surface area contributed by atoms with Gasteiger partial charge in [-0.25, -0.2) is 18.7 Å². The number of hydrogen-bond donors (Lipinski definition) is 1. The Morgan fingerprint density at radius 2 is 1.95 bits per heavy atom. The van der Waals surface area contributed by atoms with E-state index in [1.807, 2.05) is 20.8 Å². The van der Waals surface area contributed by atoms with Crippen LogP contribution >= 0.6 is 0 Å². The monoisotopic (exact) mass is 297 g/mol. The molecule has 0 saturated heterocycles. The third-order valence-corrected chi connectivity index (χ3v) is 3.60. The van der Waals surface area contributed by atoms with Crippen LogP contribution in [-0.4, -0.2) is 21.8 Å². The van der Waals surface area contributed by atoms with Crippen molar-refractivity contribution in [1.82, 2.24) is 9.97 Å². The molecule has 0 bridgehead atoms. The maximum absolute atomic E-state index is 13.3. The molecule has 2 rings (SSSR count). The van der Waals surface area contributed by atoms with Crippen LogP contribution in [0.2, 0.25) is 0 Å². The number of carbonyl (C=O) groups excluding carboxylic acids is 1. The number of halogens is 2. The van der Waals surface area contributed by atoms with Crippen molar-refractivity contribution in [3.8, 4) is 0 Å². The zero-order valence-corrected chi connectivity index (χ0v) is 12.6. The first-order valence-electron chi connectivity index (χ1n) is 7.19. The van der Waals surface area contributed by atoms with E-state index in [-0.39, 0.29) is 24.2 Å². The van der Waals surface area contributed by atoms with Crippen molar-refractivity contribution >= 4 is 11.6 Å². The largest absolute Gasteiger partial charge is 0.323 e. The second kappa shape index (κ2) is 5.66. The van der Waals surface area contributed by atoms with E-state index in [4.69, 9.17) is 0 Å². The Hall–Kier alpha value is -1.59. The minimum atomic E-state index is -2.73. The number of alkyl halides is 2. The highest BCUT2D eigenvalue weighted by molar-refractivity contribution is 5.92. The Morgan fingerprint density at radius 3 is 2.48 bits per heavy atom. The summed E-state index contributed by atoms with van der Waals surface area (Å²) in [5, 5.41) is 2.63. The van der Waals surface area contributed by atoms with Gasteiger partial charge in [-0.2, -0.15) is 0 Å². The molecule has 1 aromatic rings. The average Bonchev–Trinajstić information content (AvgIpc) is 2.37. The molecule has 1 atom stereocenters. The normalized spacial score (nSPS) is 21.9. The summed E-state index contributed by atoms with van der Waals surface area (Å²) in [5.74, 6) is -3.07. The second-order valence-corrected chi connectivity index (χ2v) is 6.68. The fourth-order valence-electron chi connectivity index (χ4n) is 2.42. The van der Waals surface area contributed by atoms with Crippen molar-refractivity contribution in [2.24, 2.45) is 5.92 Å². The van der Waals surface area contributed by atoms with Gasteiger partial charge in [0.2, 0.25) is 11.8 Å². The first-order valence-corrected chi connectivity index (χ1v) is 7.19. The lowest BCUT2D eigenvalue weighted by Crippen LogP contribution is -2.33. The molecule has 1 aliphatic carbocycles. The predicted molar refractivity (Wildman–Crippen MR) is 76.3 cm³/mol. The zero-order chi connectivity index (χ0) is 15.7. The van der Waals surface area contributed by atoms with E-state index in [9.17, 15) is 13.6 Å². The van der Waals surface area contributed by atoms with Crippen molar-refractivity contribution in [3.63, 3.8) is 0 Å². The molecule has 1 unspecified atom stereocenters. The molecule has 21 heavy (non-hydrogen) atoms. The molecular formula is C15H21F2N3O. The lowest BCUT2D eigenvalue weighted by molar-refractivity contribution is -0.127.